The zero-order valence-electron chi connectivity index (χ0n) is 18.5. The van der Waals surface area contributed by atoms with Crippen molar-refractivity contribution in [3.63, 3.8) is 0 Å². The van der Waals surface area contributed by atoms with Crippen molar-refractivity contribution >= 4 is 17.1 Å². The highest BCUT2D eigenvalue weighted by molar-refractivity contribution is 5.92. The molecule has 0 heterocycles. The molecule has 1 aliphatic carbocycles. The largest absolute Gasteiger partial charge is 0.508 e. The summed E-state index contributed by atoms with van der Waals surface area (Å²) < 4.78 is 15.4. The van der Waals surface area contributed by atoms with Crippen LogP contribution in [-0.2, 0) is 4.79 Å². The Morgan fingerprint density at radius 2 is 1.61 bits per heavy atom. The Morgan fingerprint density at radius 3 is 2.16 bits per heavy atom. The maximum atomic E-state index is 15.4. The molecule has 3 rings (SSSR count). The number of hydrogen-bond donors (Lipinski definition) is 2. The van der Waals surface area contributed by atoms with Crippen LogP contribution in [0.5, 0.6) is 5.75 Å². The van der Waals surface area contributed by atoms with Gasteiger partial charge in [-0.05, 0) is 71.6 Å². The molecule has 2 aromatic rings. The van der Waals surface area contributed by atoms with Gasteiger partial charge in [-0.1, -0.05) is 63.5 Å². The molecule has 0 atom stereocenters. The fourth-order valence-corrected chi connectivity index (χ4v) is 4.35. The lowest BCUT2D eigenvalue weighted by atomic mass is 9.80. The normalized spacial score (nSPS) is 15.5. The second-order valence-electron chi connectivity index (χ2n) is 9.28. The highest BCUT2D eigenvalue weighted by atomic mass is 19.1. The lowest BCUT2D eigenvalue weighted by molar-refractivity contribution is -0.131. The van der Waals surface area contributed by atoms with E-state index in [4.69, 9.17) is 0 Å². The molecule has 1 aliphatic rings. The Labute approximate surface area is 183 Å². The Kier molecular flexibility index (Phi) is 6.99. The maximum absolute atomic E-state index is 15.4. The molecular formula is C27H31FO3. The smallest absolute Gasteiger partial charge is 0.328 e. The molecule has 0 unspecified atom stereocenters. The van der Waals surface area contributed by atoms with E-state index in [1.807, 2.05) is 32.9 Å². The lowest BCUT2D eigenvalue weighted by Gasteiger charge is -2.24. The molecule has 0 radical (unpaired) electrons. The summed E-state index contributed by atoms with van der Waals surface area (Å²) in [7, 11) is 0. The van der Waals surface area contributed by atoms with Gasteiger partial charge in [-0.3, -0.25) is 0 Å². The first-order valence-electron chi connectivity index (χ1n) is 10.9. The van der Waals surface area contributed by atoms with E-state index in [1.54, 1.807) is 24.3 Å². The predicted octanol–water partition coefficient (Wildman–Crippen LogP) is 7.20. The number of rotatable bonds is 4. The van der Waals surface area contributed by atoms with Crippen LogP contribution < -0.4 is 0 Å². The fraction of sp³-hybridized carbons (Fsp3) is 0.370. The third kappa shape index (κ3) is 5.63. The van der Waals surface area contributed by atoms with E-state index in [2.05, 4.69) is 0 Å². The van der Waals surface area contributed by atoms with Crippen molar-refractivity contribution < 1.29 is 19.4 Å². The molecule has 0 bridgehead atoms. The van der Waals surface area contributed by atoms with Gasteiger partial charge < -0.3 is 10.2 Å². The Morgan fingerprint density at radius 1 is 0.968 bits per heavy atom. The lowest BCUT2D eigenvalue weighted by Crippen LogP contribution is -2.12. The first-order valence-corrected chi connectivity index (χ1v) is 10.9. The summed E-state index contributed by atoms with van der Waals surface area (Å²) in [6, 6.07) is 12.2. The summed E-state index contributed by atoms with van der Waals surface area (Å²) in [6.45, 7) is 5.63. The fourth-order valence-electron chi connectivity index (χ4n) is 4.35. The molecule has 0 aromatic heterocycles. The summed E-state index contributed by atoms with van der Waals surface area (Å²) >= 11 is 0. The highest BCUT2D eigenvalue weighted by Gasteiger charge is 2.24. The number of allylic oxidation sites excluding steroid dienone is 2. The first kappa shape index (κ1) is 22.8. The Bertz CT molecular complexity index is 1020. The van der Waals surface area contributed by atoms with E-state index in [-0.39, 0.29) is 5.75 Å². The number of phenols is 1. The molecule has 2 N–H and O–H groups in total. The minimum Gasteiger partial charge on any atom is -0.508 e. The van der Waals surface area contributed by atoms with Gasteiger partial charge in [0.15, 0.2) is 0 Å². The van der Waals surface area contributed by atoms with Crippen LogP contribution >= 0.6 is 0 Å². The molecule has 31 heavy (non-hydrogen) atoms. The number of carbonyl (C=O) groups is 1. The van der Waals surface area contributed by atoms with Crippen LogP contribution in [0.4, 0.5) is 4.39 Å². The molecular weight excluding hydrogens is 391 g/mol. The van der Waals surface area contributed by atoms with Gasteiger partial charge in [0, 0.05) is 11.6 Å². The zero-order valence-corrected chi connectivity index (χ0v) is 18.5. The van der Waals surface area contributed by atoms with Crippen molar-refractivity contribution in [2.45, 2.75) is 59.3 Å². The minimum atomic E-state index is -1.09. The number of hydrogen-bond acceptors (Lipinski definition) is 2. The van der Waals surface area contributed by atoms with Gasteiger partial charge in [-0.25, -0.2) is 9.18 Å². The SMILES string of the molecule is CC(C)(C)/C(=C\C(=O)O)c1ccc(C(=C2CCCCCC2)c2cccc(O)c2)cc1F. The van der Waals surface area contributed by atoms with Crippen molar-refractivity contribution in [1.29, 1.82) is 0 Å². The summed E-state index contributed by atoms with van der Waals surface area (Å²) in [5, 5.41) is 19.3. The van der Waals surface area contributed by atoms with Gasteiger partial charge in [-0.2, -0.15) is 0 Å². The molecule has 164 valence electrons. The monoisotopic (exact) mass is 422 g/mol. The quantitative estimate of drug-likeness (QED) is 0.404. The molecule has 3 nitrogen and oxygen atoms in total. The standard InChI is InChI=1S/C27H31FO3/c1-27(2,3)23(17-25(30)31)22-14-13-20(16-24(22)28)26(18-9-6-4-5-7-10-18)19-11-8-12-21(29)15-19/h8,11-17,29H,4-7,9-10H2,1-3H3,(H,30,31)/b23-17-. The number of carboxylic acids is 1. The average molecular weight is 423 g/mol. The van der Waals surface area contributed by atoms with Crippen LogP contribution in [0.15, 0.2) is 54.1 Å². The minimum absolute atomic E-state index is 0.181. The highest BCUT2D eigenvalue weighted by Crippen LogP contribution is 2.39. The van der Waals surface area contributed by atoms with E-state index < -0.39 is 17.2 Å². The van der Waals surface area contributed by atoms with Gasteiger partial charge in [0.2, 0.25) is 0 Å². The van der Waals surface area contributed by atoms with Crippen molar-refractivity contribution in [1.82, 2.24) is 0 Å². The predicted molar refractivity (Wildman–Crippen MR) is 123 cm³/mol. The third-order valence-electron chi connectivity index (χ3n) is 5.82. The van der Waals surface area contributed by atoms with E-state index in [1.165, 1.54) is 24.5 Å². The van der Waals surface area contributed by atoms with Crippen LogP contribution in [0.3, 0.4) is 0 Å². The van der Waals surface area contributed by atoms with Crippen molar-refractivity contribution in [2.75, 3.05) is 0 Å². The van der Waals surface area contributed by atoms with Gasteiger partial charge in [0.05, 0.1) is 0 Å². The first-order chi connectivity index (χ1) is 14.7. The molecule has 0 saturated heterocycles. The zero-order chi connectivity index (χ0) is 22.6. The van der Waals surface area contributed by atoms with Crippen LogP contribution in [-0.4, -0.2) is 16.2 Å². The number of halogens is 1. The number of benzene rings is 2. The van der Waals surface area contributed by atoms with Crippen LogP contribution in [0.2, 0.25) is 0 Å². The second-order valence-corrected chi connectivity index (χ2v) is 9.28. The van der Waals surface area contributed by atoms with Crippen LogP contribution in [0.1, 0.15) is 76.0 Å². The van der Waals surface area contributed by atoms with Crippen molar-refractivity contribution in [3.8, 4) is 5.75 Å². The summed E-state index contributed by atoms with van der Waals surface area (Å²) in [6.07, 6.45) is 7.61. The van der Waals surface area contributed by atoms with Gasteiger partial charge in [0.25, 0.3) is 0 Å². The summed E-state index contributed by atoms with van der Waals surface area (Å²) in [5.74, 6) is -1.35. The van der Waals surface area contributed by atoms with Crippen LogP contribution in [0, 0.1) is 11.2 Å². The Hall–Kier alpha value is -2.88. The van der Waals surface area contributed by atoms with Gasteiger partial charge >= 0.3 is 5.97 Å². The topological polar surface area (TPSA) is 57.5 Å². The van der Waals surface area contributed by atoms with Crippen molar-refractivity contribution in [2.24, 2.45) is 5.41 Å². The molecule has 4 heteroatoms. The number of carboxylic acid groups (broad SMARTS) is 1. The van der Waals surface area contributed by atoms with Gasteiger partial charge in [0.1, 0.15) is 11.6 Å². The Balaban J connectivity index is 2.16. The average Bonchev–Trinajstić information content (AvgIpc) is 2.95. The van der Waals surface area contributed by atoms with E-state index in [0.29, 0.717) is 11.1 Å². The van der Waals surface area contributed by atoms with Crippen LogP contribution in [0.25, 0.3) is 11.1 Å². The molecule has 0 spiro atoms. The summed E-state index contributed by atoms with van der Waals surface area (Å²) in [4.78, 5) is 11.3. The molecule has 0 aliphatic heterocycles. The molecule has 1 fully saturated rings. The van der Waals surface area contributed by atoms with E-state index >= 15 is 4.39 Å². The number of aliphatic carboxylic acids is 1. The molecule has 1 saturated carbocycles. The number of phenolic OH excluding ortho intramolecular Hbond substituents is 1. The molecule has 2 aromatic carbocycles. The molecule has 0 amide bonds. The second kappa shape index (κ2) is 9.51. The number of aromatic hydroxyl groups is 1. The summed E-state index contributed by atoms with van der Waals surface area (Å²) in [5.41, 5.74) is 4.13. The maximum Gasteiger partial charge on any atom is 0.328 e. The van der Waals surface area contributed by atoms with E-state index in [0.717, 1.165) is 48.5 Å². The van der Waals surface area contributed by atoms with E-state index in [9.17, 15) is 15.0 Å². The van der Waals surface area contributed by atoms with Gasteiger partial charge in [-0.15, -0.1) is 0 Å². The van der Waals surface area contributed by atoms with Crippen molar-refractivity contribution in [3.05, 3.63) is 76.6 Å². The third-order valence-corrected chi connectivity index (χ3v) is 5.82.